The molecule has 80 valence electrons. The Morgan fingerprint density at radius 3 is 1.93 bits per heavy atom. The van der Waals surface area contributed by atoms with Gasteiger partial charge in [0.15, 0.2) is 0 Å². The second-order valence-corrected chi connectivity index (χ2v) is 3.38. The predicted octanol–water partition coefficient (Wildman–Crippen LogP) is 0.250. The van der Waals surface area contributed by atoms with Crippen molar-refractivity contribution < 1.29 is 9.59 Å². The van der Waals surface area contributed by atoms with Crippen LogP contribution in [-0.4, -0.2) is 49.9 Å². The van der Waals surface area contributed by atoms with Crippen LogP contribution in [0, 0.1) is 0 Å². The topological polar surface area (TPSA) is 52.7 Å². The van der Waals surface area contributed by atoms with Gasteiger partial charge in [-0.05, 0) is 6.92 Å². The molecule has 0 aromatic rings. The van der Waals surface area contributed by atoms with E-state index in [0.29, 0.717) is 5.70 Å². The normalized spacial score (nSPS) is 10.8. The Kier molecular flexibility index (Phi) is 4.69. The van der Waals surface area contributed by atoms with E-state index in [9.17, 15) is 9.59 Å². The summed E-state index contributed by atoms with van der Waals surface area (Å²) < 4.78 is 0. The molecular weight excluding hydrogens is 182 g/mol. The molecule has 0 atom stereocenters. The molecule has 1 N–H and O–H groups in total. The fourth-order valence-electron chi connectivity index (χ4n) is 0.631. The molecule has 0 heterocycles. The van der Waals surface area contributed by atoms with E-state index in [1.165, 1.54) is 15.9 Å². The number of nitrogens with zero attached hydrogens (tertiary/aromatic N) is 2. The van der Waals surface area contributed by atoms with Crippen molar-refractivity contribution in [3.63, 3.8) is 0 Å². The Labute approximate surface area is 84.4 Å². The first-order valence-corrected chi connectivity index (χ1v) is 4.22. The maximum atomic E-state index is 11.2. The second kappa shape index (κ2) is 5.26. The third-order valence-electron chi connectivity index (χ3n) is 1.49. The van der Waals surface area contributed by atoms with Gasteiger partial charge in [-0.1, -0.05) is 0 Å². The first kappa shape index (κ1) is 12.5. The molecule has 0 aliphatic heterocycles. The van der Waals surface area contributed by atoms with Crippen molar-refractivity contribution in [2.75, 3.05) is 28.2 Å². The molecule has 5 heteroatoms. The molecule has 0 aliphatic carbocycles. The summed E-state index contributed by atoms with van der Waals surface area (Å²) >= 11 is 0. The van der Waals surface area contributed by atoms with E-state index in [1.54, 1.807) is 35.1 Å². The third kappa shape index (κ3) is 4.49. The minimum atomic E-state index is -0.245. The molecule has 0 aromatic heterocycles. The van der Waals surface area contributed by atoms with Crippen LogP contribution in [0.15, 0.2) is 11.8 Å². The van der Waals surface area contributed by atoms with Crippen molar-refractivity contribution in [2.24, 2.45) is 0 Å². The zero-order valence-corrected chi connectivity index (χ0v) is 9.29. The van der Waals surface area contributed by atoms with Gasteiger partial charge >= 0.3 is 6.03 Å². The number of likely N-dealkylation sites (N-methyl/N-ethyl adjacent to an activating group) is 1. The SMILES string of the molecule is C/C(=C/C(=O)N(C)C)NC(=O)N(C)C. The van der Waals surface area contributed by atoms with E-state index in [1.807, 2.05) is 0 Å². The minimum Gasteiger partial charge on any atom is -0.345 e. The van der Waals surface area contributed by atoms with Crippen molar-refractivity contribution in [2.45, 2.75) is 6.92 Å². The maximum absolute atomic E-state index is 11.2. The number of hydrogen-bond donors (Lipinski definition) is 1. The molecule has 0 aliphatic rings. The summed E-state index contributed by atoms with van der Waals surface area (Å²) in [5.41, 5.74) is 0.530. The molecule has 0 aromatic carbocycles. The summed E-state index contributed by atoms with van der Waals surface area (Å²) in [4.78, 5) is 25.2. The molecule has 0 bridgehead atoms. The molecular formula is C9H17N3O2. The van der Waals surface area contributed by atoms with Crippen LogP contribution in [0.4, 0.5) is 4.79 Å². The molecule has 0 rings (SSSR count). The summed E-state index contributed by atoms with van der Waals surface area (Å²) in [6.45, 7) is 1.67. The van der Waals surface area contributed by atoms with Gasteiger partial charge in [0.2, 0.25) is 5.91 Å². The Morgan fingerprint density at radius 2 is 1.57 bits per heavy atom. The molecule has 0 saturated carbocycles. The molecule has 0 fully saturated rings. The van der Waals surface area contributed by atoms with E-state index in [4.69, 9.17) is 0 Å². The quantitative estimate of drug-likeness (QED) is 0.648. The van der Waals surface area contributed by atoms with Crippen LogP contribution in [0.2, 0.25) is 0 Å². The van der Waals surface area contributed by atoms with Crippen LogP contribution in [0.3, 0.4) is 0 Å². The smallest absolute Gasteiger partial charge is 0.321 e. The zero-order chi connectivity index (χ0) is 11.3. The highest BCUT2D eigenvalue weighted by molar-refractivity contribution is 5.88. The average Bonchev–Trinajstić information content (AvgIpc) is 2.03. The Balaban J connectivity index is 4.27. The summed E-state index contributed by atoms with van der Waals surface area (Å²) in [5, 5.41) is 2.57. The van der Waals surface area contributed by atoms with Gasteiger partial charge in [-0.3, -0.25) is 4.79 Å². The van der Waals surface area contributed by atoms with Crippen LogP contribution >= 0.6 is 0 Å². The van der Waals surface area contributed by atoms with Gasteiger partial charge in [-0.15, -0.1) is 0 Å². The van der Waals surface area contributed by atoms with E-state index in [-0.39, 0.29) is 11.9 Å². The van der Waals surface area contributed by atoms with Crippen molar-refractivity contribution in [1.29, 1.82) is 0 Å². The highest BCUT2D eigenvalue weighted by Crippen LogP contribution is 1.91. The number of amides is 3. The summed E-state index contributed by atoms with van der Waals surface area (Å²) in [5.74, 6) is -0.151. The van der Waals surface area contributed by atoms with Gasteiger partial charge in [0.25, 0.3) is 0 Å². The van der Waals surface area contributed by atoms with Crippen LogP contribution in [0.5, 0.6) is 0 Å². The van der Waals surface area contributed by atoms with Gasteiger partial charge in [0.05, 0.1) is 0 Å². The van der Waals surface area contributed by atoms with Crippen LogP contribution in [0.1, 0.15) is 6.92 Å². The predicted molar refractivity (Wildman–Crippen MR) is 54.7 cm³/mol. The van der Waals surface area contributed by atoms with Crippen molar-refractivity contribution in [3.8, 4) is 0 Å². The van der Waals surface area contributed by atoms with E-state index in [2.05, 4.69) is 5.32 Å². The van der Waals surface area contributed by atoms with Crippen molar-refractivity contribution in [3.05, 3.63) is 11.8 Å². The molecule has 0 radical (unpaired) electrons. The van der Waals surface area contributed by atoms with Gasteiger partial charge in [0.1, 0.15) is 0 Å². The number of allylic oxidation sites excluding steroid dienone is 1. The number of urea groups is 1. The first-order chi connectivity index (χ1) is 6.34. The lowest BCUT2D eigenvalue weighted by Crippen LogP contribution is -2.34. The molecule has 5 nitrogen and oxygen atoms in total. The summed E-state index contributed by atoms with van der Waals surface area (Å²) in [7, 11) is 6.58. The number of rotatable bonds is 2. The number of hydrogen-bond acceptors (Lipinski definition) is 2. The highest BCUT2D eigenvalue weighted by Gasteiger charge is 2.05. The fraction of sp³-hybridized carbons (Fsp3) is 0.556. The van der Waals surface area contributed by atoms with Crippen LogP contribution < -0.4 is 5.32 Å². The zero-order valence-electron chi connectivity index (χ0n) is 9.29. The van der Waals surface area contributed by atoms with Gasteiger partial charge < -0.3 is 15.1 Å². The molecule has 0 spiro atoms. The van der Waals surface area contributed by atoms with E-state index < -0.39 is 0 Å². The van der Waals surface area contributed by atoms with E-state index >= 15 is 0 Å². The third-order valence-corrected chi connectivity index (χ3v) is 1.49. The Bertz CT molecular complexity index is 257. The number of carbonyl (C=O) groups excluding carboxylic acids is 2. The maximum Gasteiger partial charge on any atom is 0.321 e. The molecule has 0 unspecified atom stereocenters. The Hall–Kier alpha value is -1.52. The van der Waals surface area contributed by atoms with Crippen molar-refractivity contribution >= 4 is 11.9 Å². The number of nitrogens with one attached hydrogen (secondary N) is 1. The standard InChI is InChI=1S/C9H17N3O2/c1-7(6-8(13)11(2)3)10-9(14)12(4)5/h6H,1-5H3,(H,10,14)/b7-6-. The lowest BCUT2D eigenvalue weighted by Gasteiger charge is -2.13. The molecule has 14 heavy (non-hydrogen) atoms. The fourth-order valence-corrected chi connectivity index (χ4v) is 0.631. The van der Waals surface area contributed by atoms with Crippen LogP contribution in [-0.2, 0) is 4.79 Å². The van der Waals surface area contributed by atoms with Crippen molar-refractivity contribution in [1.82, 2.24) is 15.1 Å². The van der Waals surface area contributed by atoms with Crippen LogP contribution in [0.25, 0.3) is 0 Å². The first-order valence-electron chi connectivity index (χ1n) is 4.22. The largest absolute Gasteiger partial charge is 0.345 e. The lowest BCUT2D eigenvalue weighted by atomic mass is 10.4. The minimum absolute atomic E-state index is 0.151. The average molecular weight is 199 g/mol. The van der Waals surface area contributed by atoms with Gasteiger partial charge in [-0.2, -0.15) is 0 Å². The summed E-state index contributed by atoms with van der Waals surface area (Å²) in [6, 6.07) is -0.245. The monoisotopic (exact) mass is 199 g/mol. The second-order valence-electron chi connectivity index (χ2n) is 3.38. The summed E-state index contributed by atoms with van der Waals surface area (Å²) in [6.07, 6.45) is 1.38. The Morgan fingerprint density at radius 1 is 1.07 bits per heavy atom. The lowest BCUT2D eigenvalue weighted by molar-refractivity contribution is -0.123. The van der Waals surface area contributed by atoms with E-state index in [0.717, 1.165) is 0 Å². The molecule has 3 amide bonds. The molecule has 0 saturated heterocycles. The van der Waals surface area contributed by atoms with Gasteiger partial charge in [-0.25, -0.2) is 4.79 Å². The highest BCUT2D eigenvalue weighted by atomic mass is 16.2. The number of carbonyl (C=O) groups is 2. The van der Waals surface area contributed by atoms with Gasteiger partial charge in [0, 0.05) is 40.0 Å².